The van der Waals surface area contributed by atoms with E-state index in [1.807, 2.05) is 56.3 Å². The van der Waals surface area contributed by atoms with E-state index >= 15 is 0 Å². The minimum atomic E-state index is -3.38. The molecule has 0 saturated carbocycles. The number of hydrogen-bond acceptors (Lipinski definition) is 18. The van der Waals surface area contributed by atoms with Crippen LogP contribution in [0.3, 0.4) is 0 Å². The van der Waals surface area contributed by atoms with Crippen molar-refractivity contribution in [1.82, 2.24) is 29.7 Å². The minimum absolute atomic E-state index is 0.0380. The Morgan fingerprint density at radius 1 is 0.511 bits per heavy atom. The standard InChI is InChI=1S/C67H80N7O11P3/c1-10-82-60-27-21-50(22-28-60)17-20-55-40-58(71-65(43-55)88(9,79)85-11-2)46-74-37-36-72(44-56-38-53(41-63(69-56)86(5,6)77)18-15-51-23-29-61(30-24-51)83-48-66(75)80-3)34-35-73(47-59(74)14-12-13-33-68)45-57-39-54(42-64(70-57)87(7,8)78)19-16-52-25-31-62(32-26-52)84-49-67(76)81-4/h21-32,38-43,59H,10-14,33-37,44-49,68H2,1-9H3/t59-,88?/m0/s1. The smallest absolute Gasteiger partial charge is 0.343 e. The van der Waals surface area contributed by atoms with Gasteiger partial charge in [0, 0.05) is 98.4 Å². The molecule has 1 unspecified atom stereocenters. The van der Waals surface area contributed by atoms with Gasteiger partial charge in [-0.25, -0.2) is 24.5 Å². The third-order valence-electron chi connectivity index (χ3n) is 14.1. The van der Waals surface area contributed by atoms with Crippen LogP contribution in [0, 0.1) is 35.5 Å². The summed E-state index contributed by atoms with van der Waals surface area (Å²) in [5.41, 5.74) is 13.7. The van der Waals surface area contributed by atoms with Gasteiger partial charge in [0.2, 0.25) is 7.37 Å². The van der Waals surface area contributed by atoms with Gasteiger partial charge in [-0.05, 0) is 169 Å². The average Bonchev–Trinajstić information content (AvgIpc) is 3.68. The highest BCUT2D eigenvalue weighted by Crippen LogP contribution is 2.41. The molecule has 3 aromatic heterocycles. The maximum Gasteiger partial charge on any atom is 0.343 e. The Labute approximate surface area is 518 Å². The van der Waals surface area contributed by atoms with Crippen LogP contribution in [0.15, 0.2) is 109 Å². The van der Waals surface area contributed by atoms with Gasteiger partial charge in [0.1, 0.15) is 47.8 Å². The van der Waals surface area contributed by atoms with Gasteiger partial charge in [-0.3, -0.25) is 19.3 Å². The van der Waals surface area contributed by atoms with Crippen molar-refractivity contribution in [1.29, 1.82) is 0 Å². The summed E-state index contributed by atoms with van der Waals surface area (Å²) < 4.78 is 74.1. The van der Waals surface area contributed by atoms with Gasteiger partial charge >= 0.3 is 11.9 Å². The first-order valence-electron chi connectivity index (χ1n) is 29.3. The number of nitrogens with zero attached hydrogens (tertiary/aromatic N) is 6. The molecular formula is C67H80N7O11P3. The van der Waals surface area contributed by atoms with Gasteiger partial charge in [-0.15, -0.1) is 0 Å². The summed E-state index contributed by atoms with van der Waals surface area (Å²) in [6, 6.07) is 32.9. The highest BCUT2D eigenvalue weighted by molar-refractivity contribution is 7.70. The van der Waals surface area contributed by atoms with Crippen molar-refractivity contribution in [2.24, 2.45) is 5.73 Å². The molecule has 3 aromatic carbocycles. The van der Waals surface area contributed by atoms with E-state index < -0.39 is 33.6 Å². The van der Waals surface area contributed by atoms with Crippen LogP contribution in [0.2, 0.25) is 0 Å². The summed E-state index contributed by atoms with van der Waals surface area (Å²) >= 11 is 0. The number of carbonyl (C=O) groups excluding carboxylic acids is 2. The zero-order chi connectivity index (χ0) is 63.3. The first-order chi connectivity index (χ1) is 42.1. The molecule has 0 aliphatic carbocycles. The Morgan fingerprint density at radius 2 is 0.909 bits per heavy atom. The topological polar surface area (TPSA) is 215 Å². The second-order valence-electron chi connectivity index (χ2n) is 22.0. The van der Waals surface area contributed by atoms with Crippen LogP contribution in [0.4, 0.5) is 0 Å². The van der Waals surface area contributed by atoms with Gasteiger partial charge < -0.3 is 43.1 Å². The molecule has 2 N–H and O–H groups in total. The van der Waals surface area contributed by atoms with E-state index in [1.165, 1.54) is 14.2 Å². The summed E-state index contributed by atoms with van der Waals surface area (Å²) in [5.74, 6) is 20.4. The summed E-state index contributed by atoms with van der Waals surface area (Å²) in [6.07, 6.45) is 2.48. The molecule has 2 atom stereocenters. The zero-order valence-electron chi connectivity index (χ0n) is 51.9. The average molecular weight is 1250 g/mol. The number of aromatic nitrogens is 3. The van der Waals surface area contributed by atoms with Crippen molar-refractivity contribution in [3.8, 4) is 52.8 Å². The maximum atomic E-state index is 14.3. The molecule has 4 heterocycles. The second kappa shape index (κ2) is 32.7. The molecule has 0 radical (unpaired) electrons. The number of unbranched alkanes of at least 4 members (excludes halogenated alkanes) is 1. The molecule has 18 nitrogen and oxygen atoms in total. The molecule has 0 spiro atoms. The quantitative estimate of drug-likeness (QED) is 0.0279. The number of rotatable bonds is 23. The number of hydrogen-bond donors (Lipinski definition) is 1. The minimum Gasteiger partial charge on any atom is -0.494 e. The SMILES string of the molecule is CCOc1ccc(C#Cc2cc(CN3CCN(Cc4cc(C#Cc5ccc(OCC(=O)OC)cc5)cc(P(C)(C)=O)n4)CCN(Cc4cc(C#Cc5ccc(OCC(=O)OC)cc5)cc(P(C)(C)=O)n4)C[C@@H]3CCCCN)nc(P(C)(=O)OCC)c2)cc1. The predicted molar refractivity (Wildman–Crippen MR) is 347 cm³/mol. The molecule has 6 aromatic rings. The number of benzene rings is 3. The molecule has 1 aliphatic rings. The van der Waals surface area contributed by atoms with Crippen LogP contribution < -0.4 is 36.2 Å². The number of nitrogens with two attached hydrogens (primary N) is 1. The lowest BCUT2D eigenvalue weighted by atomic mass is 10.1. The van der Waals surface area contributed by atoms with E-state index in [9.17, 15) is 23.3 Å². The summed E-state index contributed by atoms with van der Waals surface area (Å²) in [7, 11) is -6.53. The lowest BCUT2D eigenvalue weighted by molar-refractivity contribution is -0.143. The fourth-order valence-electron chi connectivity index (χ4n) is 9.48. The molecule has 7 rings (SSSR count). The van der Waals surface area contributed by atoms with Gasteiger partial charge in [-0.2, -0.15) is 0 Å². The van der Waals surface area contributed by atoms with Crippen LogP contribution in [0.25, 0.3) is 0 Å². The Kier molecular flexibility index (Phi) is 25.3. The number of esters is 2. The molecule has 0 amide bonds. The van der Waals surface area contributed by atoms with Crippen molar-refractivity contribution in [3.63, 3.8) is 0 Å². The predicted octanol–water partition coefficient (Wildman–Crippen LogP) is 7.96. The van der Waals surface area contributed by atoms with E-state index in [4.69, 9.17) is 48.9 Å². The molecule has 464 valence electrons. The first kappa shape index (κ1) is 68.1. The molecule has 1 aliphatic heterocycles. The third kappa shape index (κ3) is 21.7. The van der Waals surface area contributed by atoms with Crippen LogP contribution in [0.1, 0.15) is 83.6 Å². The zero-order valence-corrected chi connectivity index (χ0v) is 54.6. The second-order valence-corrected chi connectivity index (χ2v) is 30.7. The number of methoxy groups -OCH3 is 2. The number of carbonyl (C=O) groups is 2. The highest BCUT2D eigenvalue weighted by Gasteiger charge is 2.29. The van der Waals surface area contributed by atoms with E-state index in [1.54, 1.807) is 100 Å². The highest BCUT2D eigenvalue weighted by atomic mass is 31.2. The Bertz CT molecular complexity index is 3710. The number of ether oxygens (including phenoxy) is 5. The van der Waals surface area contributed by atoms with Crippen molar-refractivity contribution >= 4 is 49.9 Å². The van der Waals surface area contributed by atoms with E-state index in [0.717, 1.165) is 30.6 Å². The van der Waals surface area contributed by atoms with E-state index in [-0.39, 0.29) is 25.9 Å². The first-order valence-corrected chi connectivity index (χ1v) is 36.5. The van der Waals surface area contributed by atoms with E-state index in [0.29, 0.717) is 138 Å². The molecule has 88 heavy (non-hydrogen) atoms. The van der Waals surface area contributed by atoms with Crippen molar-refractivity contribution in [2.75, 3.05) is 113 Å². The lowest BCUT2D eigenvalue weighted by Crippen LogP contribution is -2.45. The van der Waals surface area contributed by atoms with Gasteiger partial charge in [0.15, 0.2) is 13.2 Å². The van der Waals surface area contributed by atoms with Crippen LogP contribution in [0.5, 0.6) is 17.2 Å². The fraction of sp³-hybridized carbons (Fsp3) is 0.388. The lowest BCUT2D eigenvalue weighted by Gasteiger charge is -2.35. The van der Waals surface area contributed by atoms with Crippen LogP contribution >= 0.6 is 21.7 Å². The van der Waals surface area contributed by atoms with Crippen LogP contribution in [-0.2, 0) is 56.9 Å². The molecule has 1 fully saturated rings. The summed E-state index contributed by atoms with van der Waals surface area (Å²) in [6.45, 7) is 17.3. The fourth-order valence-corrected chi connectivity index (χ4v) is 12.4. The van der Waals surface area contributed by atoms with E-state index in [2.05, 4.69) is 50.2 Å². The largest absolute Gasteiger partial charge is 0.494 e. The molecule has 0 bridgehead atoms. The van der Waals surface area contributed by atoms with Crippen molar-refractivity contribution < 1.29 is 51.5 Å². The third-order valence-corrected chi connectivity index (χ3v) is 18.6. The number of pyridine rings is 3. The molecular weight excluding hydrogens is 1170 g/mol. The molecule has 1 saturated heterocycles. The molecule has 21 heteroatoms. The Hall–Kier alpha value is -7.38. The Balaban J connectivity index is 1.28. The summed E-state index contributed by atoms with van der Waals surface area (Å²) in [5, 5.41) is 0. The maximum absolute atomic E-state index is 14.3. The Morgan fingerprint density at radius 3 is 1.34 bits per heavy atom. The van der Waals surface area contributed by atoms with Gasteiger partial charge in [0.25, 0.3) is 0 Å². The van der Waals surface area contributed by atoms with Gasteiger partial charge in [-0.1, -0.05) is 41.9 Å². The van der Waals surface area contributed by atoms with Crippen LogP contribution in [-0.4, -0.2) is 161 Å². The van der Waals surface area contributed by atoms with Gasteiger partial charge in [0.05, 0.1) is 44.5 Å². The van der Waals surface area contributed by atoms with Crippen molar-refractivity contribution in [3.05, 3.63) is 160 Å². The summed E-state index contributed by atoms with van der Waals surface area (Å²) in [4.78, 5) is 45.7. The van der Waals surface area contributed by atoms with Crippen molar-refractivity contribution in [2.45, 2.75) is 58.8 Å². The normalized spacial score (nSPS) is 14.8. The monoisotopic (exact) mass is 1250 g/mol.